The molecule has 2 aromatic rings. The van der Waals surface area contributed by atoms with Crippen LogP contribution in [0, 0.1) is 0 Å². The van der Waals surface area contributed by atoms with E-state index in [-0.39, 0.29) is 11.5 Å². The van der Waals surface area contributed by atoms with Crippen molar-refractivity contribution in [1.29, 1.82) is 0 Å². The van der Waals surface area contributed by atoms with E-state index < -0.39 is 0 Å². The monoisotopic (exact) mass is 301 g/mol. The minimum atomic E-state index is -0.172. The lowest BCUT2D eigenvalue weighted by atomic mass is 10.1. The van der Waals surface area contributed by atoms with Gasteiger partial charge >= 0.3 is 0 Å². The Morgan fingerprint density at radius 3 is 2.59 bits per heavy atom. The molecule has 0 aliphatic rings. The number of benzene rings is 1. The molecule has 0 bridgehead atoms. The minimum Gasteiger partial charge on any atom is -0.497 e. The summed E-state index contributed by atoms with van der Waals surface area (Å²) in [6.45, 7) is 0.413. The van der Waals surface area contributed by atoms with E-state index >= 15 is 0 Å². The molecular formula is C16H19N3O3. The SMILES string of the molecule is CNC(=O)CCCn1nc(-c2ccc(OC)cc2)ccc1=O. The van der Waals surface area contributed by atoms with Gasteiger partial charge in [0.1, 0.15) is 5.75 Å². The maximum atomic E-state index is 11.8. The highest BCUT2D eigenvalue weighted by atomic mass is 16.5. The van der Waals surface area contributed by atoms with Crippen LogP contribution in [-0.4, -0.2) is 29.8 Å². The Morgan fingerprint density at radius 2 is 1.95 bits per heavy atom. The molecule has 116 valence electrons. The van der Waals surface area contributed by atoms with E-state index in [0.29, 0.717) is 25.1 Å². The van der Waals surface area contributed by atoms with Crippen LogP contribution in [0.5, 0.6) is 5.75 Å². The van der Waals surface area contributed by atoms with E-state index in [9.17, 15) is 9.59 Å². The fourth-order valence-electron chi connectivity index (χ4n) is 2.04. The molecule has 0 unspecified atom stereocenters. The zero-order chi connectivity index (χ0) is 15.9. The lowest BCUT2D eigenvalue weighted by molar-refractivity contribution is -0.120. The van der Waals surface area contributed by atoms with E-state index in [4.69, 9.17) is 4.74 Å². The van der Waals surface area contributed by atoms with Crippen LogP contribution >= 0.6 is 0 Å². The van der Waals surface area contributed by atoms with Crippen molar-refractivity contribution in [2.24, 2.45) is 0 Å². The highest BCUT2D eigenvalue weighted by Gasteiger charge is 2.05. The molecule has 6 heteroatoms. The Balaban J connectivity index is 2.15. The van der Waals surface area contributed by atoms with Crippen molar-refractivity contribution in [3.05, 3.63) is 46.8 Å². The smallest absolute Gasteiger partial charge is 0.266 e. The van der Waals surface area contributed by atoms with Gasteiger partial charge in [-0.15, -0.1) is 0 Å². The van der Waals surface area contributed by atoms with Crippen molar-refractivity contribution in [1.82, 2.24) is 15.1 Å². The fraction of sp³-hybridized carbons (Fsp3) is 0.312. The quantitative estimate of drug-likeness (QED) is 0.876. The standard InChI is InChI=1S/C16H19N3O3/c1-17-15(20)4-3-11-19-16(21)10-9-14(18-19)12-5-7-13(22-2)8-6-12/h5-10H,3-4,11H2,1-2H3,(H,17,20). The predicted molar refractivity (Wildman–Crippen MR) is 83.8 cm³/mol. The minimum absolute atomic E-state index is 0.0423. The van der Waals surface area contributed by atoms with E-state index in [1.54, 1.807) is 20.2 Å². The molecule has 6 nitrogen and oxygen atoms in total. The van der Waals surface area contributed by atoms with Gasteiger partial charge in [-0.1, -0.05) is 0 Å². The molecular weight excluding hydrogens is 282 g/mol. The second-order valence-corrected chi connectivity index (χ2v) is 4.79. The predicted octanol–water partition coefficient (Wildman–Crippen LogP) is 1.45. The molecule has 2 rings (SSSR count). The van der Waals surface area contributed by atoms with Gasteiger partial charge in [0.15, 0.2) is 0 Å². The second kappa shape index (κ2) is 7.40. The Morgan fingerprint density at radius 1 is 1.23 bits per heavy atom. The molecule has 0 radical (unpaired) electrons. The molecule has 1 N–H and O–H groups in total. The second-order valence-electron chi connectivity index (χ2n) is 4.79. The van der Waals surface area contributed by atoms with Gasteiger partial charge in [0, 0.05) is 31.6 Å². The van der Waals surface area contributed by atoms with Crippen LogP contribution in [0.2, 0.25) is 0 Å². The highest BCUT2D eigenvalue weighted by Crippen LogP contribution is 2.19. The number of amides is 1. The van der Waals surface area contributed by atoms with Crippen molar-refractivity contribution in [2.45, 2.75) is 19.4 Å². The number of rotatable bonds is 6. The zero-order valence-electron chi connectivity index (χ0n) is 12.7. The first-order valence-corrected chi connectivity index (χ1v) is 7.07. The van der Waals surface area contributed by atoms with Gasteiger partial charge < -0.3 is 10.1 Å². The Labute approximate surface area is 128 Å². The molecule has 0 aliphatic heterocycles. The average molecular weight is 301 g/mol. The summed E-state index contributed by atoms with van der Waals surface area (Å²) in [5.74, 6) is 0.724. The summed E-state index contributed by atoms with van der Waals surface area (Å²) in [7, 11) is 3.21. The zero-order valence-corrected chi connectivity index (χ0v) is 12.7. The van der Waals surface area contributed by atoms with Gasteiger partial charge in [-0.05, 0) is 36.8 Å². The Bertz CT molecular complexity index is 693. The molecule has 1 aromatic carbocycles. The fourth-order valence-corrected chi connectivity index (χ4v) is 2.04. The van der Waals surface area contributed by atoms with Gasteiger partial charge in [-0.3, -0.25) is 9.59 Å². The van der Waals surface area contributed by atoms with Gasteiger partial charge in [0.05, 0.1) is 12.8 Å². The summed E-state index contributed by atoms with van der Waals surface area (Å²) in [4.78, 5) is 23.0. The summed E-state index contributed by atoms with van der Waals surface area (Å²) in [5.41, 5.74) is 1.44. The Kier molecular flexibility index (Phi) is 5.30. The number of hydrogen-bond donors (Lipinski definition) is 1. The normalized spacial score (nSPS) is 10.3. The molecule has 0 fully saturated rings. The van der Waals surface area contributed by atoms with Crippen LogP contribution < -0.4 is 15.6 Å². The number of carbonyl (C=O) groups is 1. The largest absolute Gasteiger partial charge is 0.497 e. The highest BCUT2D eigenvalue weighted by molar-refractivity contribution is 5.75. The van der Waals surface area contributed by atoms with Crippen LogP contribution in [0.1, 0.15) is 12.8 Å². The summed E-state index contributed by atoms with van der Waals surface area (Å²) < 4.78 is 6.51. The van der Waals surface area contributed by atoms with E-state index in [2.05, 4.69) is 10.4 Å². The number of nitrogens with zero attached hydrogens (tertiary/aromatic N) is 2. The summed E-state index contributed by atoms with van der Waals surface area (Å²) in [6.07, 6.45) is 0.941. The van der Waals surface area contributed by atoms with E-state index in [1.165, 1.54) is 10.7 Å². The van der Waals surface area contributed by atoms with Crippen molar-refractivity contribution in [3.8, 4) is 17.0 Å². The van der Waals surface area contributed by atoms with E-state index in [1.807, 2.05) is 24.3 Å². The molecule has 0 spiro atoms. The lowest BCUT2D eigenvalue weighted by Gasteiger charge is -2.07. The summed E-state index contributed by atoms with van der Waals surface area (Å²) in [6, 6.07) is 10.7. The third-order valence-electron chi connectivity index (χ3n) is 3.31. The molecule has 22 heavy (non-hydrogen) atoms. The van der Waals surface area contributed by atoms with E-state index in [0.717, 1.165) is 11.3 Å². The van der Waals surface area contributed by atoms with Crippen molar-refractivity contribution >= 4 is 5.91 Å². The molecule has 0 aliphatic carbocycles. The Hall–Kier alpha value is -2.63. The molecule has 0 saturated heterocycles. The van der Waals surface area contributed by atoms with Gasteiger partial charge in [-0.2, -0.15) is 5.10 Å². The number of aromatic nitrogens is 2. The molecule has 1 aromatic heterocycles. The number of nitrogens with one attached hydrogen (secondary N) is 1. The van der Waals surface area contributed by atoms with Gasteiger partial charge in [0.2, 0.25) is 5.91 Å². The number of ether oxygens (including phenoxy) is 1. The van der Waals surface area contributed by atoms with Crippen LogP contribution in [0.3, 0.4) is 0 Å². The number of hydrogen-bond acceptors (Lipinski definition) is 4. The molecule has 0 atom stereocenters. The molecule has 1 heterocycles. The maximum Gasteiger partial charge on any atom is 0.266 e. The first kappa shape index (κ1) is 15.8. The van der Waals surface area contributed by atoms with Crippen molar-refractivity contribution < 1.29 is 9.53 Å². The number of carbonyl (C=O) groups excluding carboxylic acids is 1. The van der Waals surface area contributed by atoms with Crippen LogP contribution in [-0.2, 0) is 11.3 Å². The first-order chi connectivity index (χ1) is 10.6. The topological polar surface area (TPSA) is 73.2 Å². The van der Waals surface area contributed by atoms with Crippen molar-refractivity contribution in [2.75, 3.05) is 14.2 Å². The molecule has 1 amide bonds. The third kappa shape index (κ3) is 3.94. The average Bonchev–Trinajstić information content (AvgIpc) is 2.56. The number of methoxy groups -OCH3 is 1. The number of aryl methyl sites for hydroxylation is 1. The maximum absolute atomic E-state index is 11.8. The molecule has 0 saturated carbocycles. The van der Waals surface area contributed by atoms with Crippen LogP contribution in [0.4, 0.5) is 0 Å². The third-order valence-corrected chi connectivity index (χ3v) is 3.31. The van der Waals surface area contributed by atoms with Crippen LogP contribution in [0.25, 0.3) is 11.3 Å². The van der Waals surface area contributed by atoms with Crippen molar-refractivity contribution in [3.63, 3.8) is 0 Å². The van der Waals surface area contributed by atoms with Gasteiger partial charge in [-0.25, -0.2) is 4.68 Å². The van der Waals surface area contributed by atoms with Gasteiger partial charge in [0.25, 0.3) is 5.56 Å². The summed E-state index contributed by atoms with van der Waals surface area (Å²) in [5, 5.41) is 6.91. The van der Waals surface area contributed by atoms with Crippen LogP contribution in [0.15, 0.2) is 41.2 Å². The first-order valence-electron chi connectivity index (χ1n) is 7.07. The summed E-state index contributed by atoms with van der Waals surface area (Å²) >= 11 is 0. The lowest BCUT2D eigenvalue weighted by Crippen LogP contribution is -2.24.